The highest BCUT2D eigenvalue weighted by molar-refractivity contribution is 5.93. The van der Waals surface area contributed by atoms with Gasteiger partial charge in [-0.2, -0.15) is 5.26 Å². The highest BCUT2D eigenvalue weighted by Crippen LogP contribution is 2.44. The van der Waals surface area contributed by atoms with Crippen LogP contribution in [0.25, 0.3) is 10.8 Å². The fourth-order valence-electron chi connectivity index (χ4n) is 2.87. The summed E-state index contributed by atoms with van der Waals surface area (Å²) in [5.74, 6) is 1.21. The highest BCUT2D eigenvalue weighted by Gasteiger charge is 2.27. The van der Waals surface area contributed by atoms with Gasteiger partial charge < -0.3 is 4.74 Å². The summed E-state index contributed by atoms with van der Waals surface area (Å²) in [5, 5.41) is 11.5. The minimum absolute atomic E-state index is 0.288. The quantitative estimate of drug-likeness (QED) is 0.781. The van der Waals surface area contributed by atoms with Gasteiger partial charge in [0, 0.05) is 17.9 Å². The molecule has 0 amide bonds. The molecule has 0 N–H and O–H groups in total. The molecule has 0 heterocycles. The maximum atomic E-state index is 8.93. The van der Waals surface area contributed by atoms with E-state index in [1.807, 2.05) is 6.07 Å². The summed E-state index contributed by atoms with van der Waals surface area (Å²) in [6, 6.07) is 12.8. The van der Waals surface area contributed by atoms with E-state index in [1.54, 1.807) is 7.11 Å². The zero-order valence-electron chi connectivity index (χ0n) is 9.73. The van der Waals surface area contributed by atoms with E-state index in [9.17, 15) is 0 Å². The van der Waals surface area contributed by atoms with E-state index < -0.39 is 0 Å². The fourth-order valence-corrected chi connectivity index (χ4v) is 2.87. The van der Waals surface area contributed by atoms with Gasteiger partial charge in [-0.05, 0) is 28.8 Å². The predicted molar refractivity (Wildman–Crippen MR) is 67.2 cm³/mol. The second kappa shape index (κ2) is 3.78. The summed E-state index contributed by atoms with van der Waals surface area (Å²) in [5.41, 5.74) is 2.57. The first-order chi connectivity index (χ1) is 8.35. The molecular weight excluding hydrogens is 210 g/mol. The summed E-state index contributed by atoms with van der Waals surface area (Å²) in [7, 11) is 1.70. The van der Waals surface area contributed by atoms with E-state index in [0.717, 1.165) is 12.2 Å². The number of hydrogen-bond donors (Lipinski definition) is 0. The van der Waals surface area contributed by atoms with Crippen LogP contribution in [0.3, 0.4) is 0 Å². The smallest absolute Gasteiger partial charge is 0.123 e. The van der Waals surface area contributed by atoms with Crippen molar-refractivity contribution in [2.24, 2.45) is 0 Å². The second-order valence-electron chi connectivity index (χ2n) is 4.46. The van der Waals surface area contributed by atoms with Crippen LogP contribution in [0.4, 0.5) is 0 Å². The molecule has 0 aromatic heterocycles. The van der Waals surface area contributed by atoms with Crippen LogP contribution in [0.2, 0.25) is 0 Å². The van der Waals surface area contributed by atoms with E-state index in [0.29, 0.717) is 6.42 Å². The molecule has 2 aromatic rings. The minimum Gasteiger partial charge on any atom is -0.496 e. The van der Waals surface area contributed by atoms with Crippen molar-refractivity contribution in [3.05, 3.63) is 41.5 Å². The summed E-state index contributed by atoms with van der Waals surface area (Å²) < 4.78 is 5.44. The third-order valence-corrected chi connectivity index (χ3v) is 3.56. The summed E-state index contributed by atoms with van der Waals surface area (Å²) in [4.78, 5) is 0. The van der Waals surface area contributed by atoms with E-state index in [4.69, 9.17) is 10.00 Å². The first kappa shape index (κ1) is 10.2. The fraction of sp³-hybridized carbons (Fsp3) is 0.267. The number of nitrogens with zero attached hydrogens (tertiary/aromatic N) is 1. The molecule has 1 atom stereocenters. The van der Waals surface area contributed by atoms with E-state index in [2.05, 4.69) is 30.3 Å². The summed E-state index contributed by atoms with van der Waals surface area (Å²) in [6.07, 6.45) is 1.52. The lowest BCUT2D eigenvalue weighted by molar-refractivity contribution is 0.407. The normalized spacial score (nSPS) is 17.1. The number of nitriles is 1. The Balaban J connectivity index is 2.31. The number of hydrogen-bond acceptors (Lipinski definition) is 2. The predicted octanol–water partition coefficient (Wildman–Crippen LogP) is 3.40. The van der Waals surface area contributed by atoms with Crippen molar-refractivity contribution in [3.8, 4) is 11.8 Å². The molecule has 2 aromatic carbocycles. The SMILES string of the molecule is COc1ccc2cccc3c2c1[C@@H](CC#N)C3. The molecule has 1 aliphatic carbocycles. The van der Waals surface area contributed by atoms with Crippen molar-refractivity contribution in [1.82, 2.24) is 0 Å². The van der Waals surface area contributed by atoms with Crippen molar-refractivity contribution >= 4 is 10.8 Å². The second-order valence-corrected chi connectivity index (χ2v) is 4.46. The largest absolute Gasteiger partial charge is 0.496 e. The molecule has 17 heavy (non-hydrogen) atoms. The lowest BCUT2D eigenvalue weighted by Crippen LogP contribution is -1.97. The van der Waals surface area contributed by atoms with Crippen LogP contribution in [0.15, 0.2) is 30.3 Å². The van der Waals surface area contributed by atoms with Crippen LogP contribution in [-0.4, -0.2) is 7.11 Å². The Morgan fingerprint density at radius 2 is 2.24 bits per heavy atom. The zero-order chi connectivity index (χ0) is 11.8. The summed E-state index contributed by atoms with van der Waals surface area (Å²) in [6.45, 7) is 0. The Morgan fingerprint density at radius 1 is 1.35 bits per heavy atom. The van der Waals surface area contributed by atoms with Crippen LogP contribution in [0, 0.1) is 11.3 Å². The van der Waals surface area contributed by atoms with Crippen molar-refractivity contribution in [2.75, 3.05) is 7.11 Å². The molecule has 0 saturated carbocycles. The Hall–Kier alpha value is -2.01. The molecule has 0 spiro atoms. The molecule has 84 valence electrons. The van der Waals surface area contributed by atoms with Gasteiger partial charge in [0.2, 0.25) is 0 Å². The third-order valence-electron chi connectivity index (χ3n) is 3.56. The lowest BCUT2D eigenvalue weighted by atomic mass is 9.96. The average Bonchev–Trinajstić information content (AvgIpc) is 2.72. The minimum atomic E-state index is 0.288. The van der Waals surface area contributed by atoms with Crippen LogP contribution in [0.5, 0.6) is 5.75 Å². The number of methoxy groups -OCH3 is 1. The van der Waals surface area contributed by atoms with Gasteiger partial charge in [0.25, 0.3) is 0 Å². The molecule has 2 heteroatoms. The molecule has 0 saturated heterocycles. The van der Waals surface area contributed by atoms with E-state index in [1.165, 1.54) is 21.9 Å². The van der Waals surface area contributed by atoms with Crippen LogP contribution in [0.1, 0.15) is 23.5 Å². The standard InChI is InChI=1S/C15H13NO/c1-17-13-6-5-10-3-2-4-11-9-12(7-8-16)15(13)14(10)11/h2-6,12H,7,9H2,1H3/t12-/m0/s1. The van der Waals surface area contributed by atoms with Gasteiger partial charge in [-0.15, -0.1) is 0 Å². The summed E-state index contributed by atoms with van der Waals surface area (Å²) >= 11 is 0. The Kier molecular flexibility index (Phi) is 2.26. The molecule has 1 aliphatic rings. The van der Waals surface area contributed by atoms with Crippen molar-refractivity contribution in [2.45, 2.75) is 18.8 Å². The van der Waals surface area contributed by atoms with E-state index >= 15 is 0 Å². The molecule has 2 nitrogen and oxygen atoms in total. The molecule has 0 aliphatic heterocycles. The van der Waals surface area contributed by atoms with Crippen molar-refractivity contribution < 1.29 is 4.74 Å². The van der Waals surface area contributed by atoms with Gasteiger partial charge in [-0.25, -0.2) is 0 Å². The zero-order valence-corrected chi connectivity index (χ0v) is 9.73. The third kappa shape index (κ3) is 1.39. The van der Waals surface area contributed by atoms with Gasteiger partial charge in [-0.3, -0.25) is 0 Å². The topological polar surface area (TPSA) is 33.0 Å². The molecular formula is C15H13NO. The maximum absolute atomic E-state index is 8.93. The lowest BCUT2D eigenvalue weighted by Gasteiger charge is -2.12. The van der Waals surface area contributed by atoms with Crippen LogP contribution in [-0.2, 0) is 6.42 Å². The maximum Gasteiger partial charge on any atom is 0.123 e. The number of benzene rings is 2. The highest BCUT2D eigenvalue weighted by atomic mass is 16.5. The number of rotatable bonds is 2. The van der Waals surface area contributed by atoms with Gasteiger partial charge in [-0.1, -0.05) is 24.3 Å². The molecule has 0 radical (unpaired) electrons. The first-order valence-corrected chi connectivity index (χ1v) is 5.80. The molecule has 0 fully saturated rings. The van der Waals surface area contributed by atoms with Crippen LogP contribution < -0.4 is 4.74 Å². The first-order valence-electron chi connectivity index (χ1n) is 5.80. The Morgan fingerprint density at radius 3 is 3.00 bits per heavy atom. The Bertz CT molecular complexity index is 625. The Labute approximate surface area is 100 Å². The van der Waals surface area contributed by atoms with Crippen molar-refractivity contribution in [3.63, 3.8) is 0 Å². The molecule has 0 bridgehead atoms. The van der Waals surface area contributed by atoms with Gasteiger partial charge >= 0.3 is 0 Å². The average molecular weight is 223 g/mol. The number of ether oxygens (including phenoxy) is 1. The molecule has 3 rings (SSSR count). The van der Waals surface area contributed by atoms with Gasteiger partial charge in [0.15, 0.2) is 0 Å². The van der Waals surface area contributed by atoms with Gasteiger partial charge in [0.05, 0.1) is 13.2 Å². The van der Waals surface area contributed by atoms with E-state index in [-0.39, 0.29) is 5.92 Å². The molecule has 0 unspecified atom stereocenters. The van der Waals surface area contributed by atoms with Gasteiger partial charge in [0.1, 0.15) is 5.75 Å². The van der Waals surface area contributed by atoms with Crippen molar-refractivity contribution in [1.29, 1.82) is 5.26 Å². The van der Waals surface area contributed by atoms with Crippen LogP contribution >= 0.6 is 0 Å². The monoisotopic (exact) mass is 223 g/mol.